The number of carbonyl (C=O) groups excluding carboxylic acids is 1. The zero-order chi connectivity index (χ0) is 26.8. The van der Waals surface area contributed by atoms with Crippen LogP contribution in [0, 0.1) is 46.3 Å². The van der Waals surface area contributed by atoms with Crippen LogP contribution < -0.4 is 5.32 Å². The van der Waals surface area contributed by atoms with Crippen LogP contribution in [0.3, 0.4) is 0 Å². The number of hydrogen-bond donors (Lipinski definition) is 2. The van der Waals surface area contributed by atoms with Gasteiger partial charge in [0.05, 0.1) is 11.7 Å². The molecule has 210 valence electrons. The Morgan fingerprint density at radius 1 is 1.24 bits per heavy atom. The van der Waals surface area contributed by atoms with Crippen molar-refractivity contribution in [1.29, 1.82) is 0 Å². The molecule has 0 aromatic carbocycles. The van der Waals surface area contributed by atoms with E-state index in [4.69, 9.17) is 9.47 Å². The molecule has 3 saturated carbocycles. The molecule has 0 aromatic heterocycles. The summed E-state index contributed by atoms with van der Waals surface area (Å²) >= 11 is 0. The van der Waals surface area contributed by atoms with Gasteiger partial charge in [0.15, 0.2) is 5.79 Å². The summed E-state index contributed by atoms with van der Waals surface area (Å²) in [6.07, 6.45) is 12.1. The minimum atomic E-state index is -0.533. The molecule has 11 atom stereocenters. The van der Waals surface area contributed by atoms with E-state index in [1.165, 1.54) is 19.3 Å². The zero-order valence-electron chi connectivity index (χ0n) is 24.6. The molecule has 1 heterocycles. The van der Waals surface area contributed by atoms with Crippen LogP contribution in [-0.4, -0.2) is 41.7 Å². The minimum absolute atomic E-state index is 0.0383. The number of nitrogens with one attached hydrogen (secondary N) is 1. The lowest BCUT2D eigenvalue weighted by Crippen LogP contribution is -2.52. The highest BCUT2D eigenvalue weighted by atomic mass is 16.7. The summed E-state index contributed by atoms with van der Waals surface area (Å²) in [4.78, 5) is 11.4. The van der Waals surface area contributed by atoms with Crippen LogP contribution >= 0.6 is 0 Å². The monoisotopic (exact) mass is 515 g/mol. The summed E-state index contributed by atoms with van der Waals surface area (Å²) in [6, 6.07) is 0. The highest BCUT2D eigenvalue weighted by Crippen LogP contribution is 2.73. The smallest absolute Gasteiger partial charge is 0.216 e. The molecule has 1 amide bonds. The maximum Gasteiger partial charge on any atom is 0.216 e. The van der Waals surface area contributed by atoms with E-state index in [-0.39, 0.29) is 28.4 Å². The minimum Gasteiger partial charge on any atom is -0.393 e. The number of carbonyl (C=O) groups is 1. The summed E-state index contributed by atoms with van der Waals surface area (Å²) in [7, 11) is 0. The molecular formula is C32H53NO4. The Hall–Kier alpha value is -0.910. The lowest BCUT2D eigenvalue weighted by molar-refractivity contribution is -0.267. The second-order valence-corrected chi connectivity index (χ2v) is 14.4. The van der Waals surface area contributed by atoms with Gasteiger partial charge in [-0.05, 0) is 99.7 Å². The van der Waals surface area contributed by atoms with Gasteiger partial charge in [0, 0.05) is 38.3 Å². The number of rotatable bonds is 7. The van der Waals surface area contributed by atoms with Crippen molar-refractivity contribution < 1.29 is 19.4 Å². The van der Waals surface area contributed by atoms with E-state index >= 15 is 0 Å². The van der Waals surface area contributed by atoms with Crippen molar-refractivity contribution in [3.63, 3.8) is 0 Å². The Balaban J connectivity index is 1.37. The topological polar surface area (TPSA) is 67.8 Å². The largest absolute Gasteiger partial charge is 0.393 e. The Labute approximate surface area is 225 Å². The van der Waals surface area contributed by atoms with E-state index < -0.39 is 5.79 Å². The summed E-state index contributed by atoms with van der Waals surface area (Å²) in [5.74, 6) is 2.87. The van der Waals surface area contributed by atoms with E-state index in [0.29, 0.717) is 36.8 Å². The van der Waals surface area contributed by atoms with E-state index in [0.717, 1.165) is 50.4 Å². The highest BCUT2D eigenvalue weighted by Gasteiger charge is 2.72. The first-order chi connectivity index (χ1) is 17.4. The van der Waals surface area contributed by atoms with Gasteiger partial charge in [-0.2, -0.15) is 0 Å². The van der Waals surface area contributed by atoms with E-state index in [1.807, 2.05) is 0 Å². The number of amides is 1. The van der Waals surface area contributed by atoms with Gasteiger partial charge in [-0.15, -0.1) is 0 Å². The van der Waals surface area contributed by atoms with Crippen LogP contribution in [0.1, 0.15) is 106 Å². The summed E-state index contributed by atoms with van der Waals surface area (Å²) in [5.41, 5.74) is 1.94. The third-order valence-corrected chi connectivity index (χ3v) is 12.2. The molecule has 37 heavy (non-hydrogen) atoms. The predicted molar refractivity (Wildman–Crippen MR) is 147 cm³/mol. The van der Waals surface area contributed by atoms with Crippen molar-refractivity contribution in [2.75, 3.05) is 13.2 Å². The fourth-order valence-corrected chi connectivity index (χ4v) is 10.6. The number of aliphatic hydroxyl groups is 1. The Morgan fingerprint density at radius 2 is 2.00 bits per heavy atom. The molecule has 2 N–H and O–H groups in total. The van der Waals surface area contributed by atoms with E-state index in [9.17, 15) is 9.90 Å². The molecule has 5 rings (SSSR count). The van der Waals surface area contributed by atoms with Crippen molar-refractivity contribution in [1.82, 2.24) is 5.32 Å². The van der Waals surface area contributed by atoms with Crippen molar-refractivity contribution in [3.05, 3.63) is 11.6 Å². The van der Waals surface area contributed by atoms with Gasteiger partial charge in [0.25, 0.3) is 0 Å². The standard InChI is InChI=1S/C32H53NO4/c1-8-36-32(16-11-20(2)19-33-22(4)34)21(3)28-30(6)15-13-26-25(27(30)18-31(28,7)37-32)10-9-23-17-24(35)12-14-29(23,26)5/h9,20-21,24-28,35H,8,10-19H2,1-7H3,(H,33,34)/t20?,21-,24-,25+,26-,27-,28+,29-,30-,31-,32?/m0/s1. The lowest BCUT2D eigenvalue weighted by atomic mass is 9.47. The second kappa shape index (κ2) is 9.63. The number of ether oxygens (including phenoxy) is 2. The van der Waals surface area contributed by atoms with Gasteiger partial charge in [-0.3, -0.25) is 4.79 Å². The average molecular weight is 516 g/mol. The molecule has 1 aliphatic heterocycles. The molecule has 5 aliphatic rings. The van der Waals surface area contributed by atoms with Gasteiger partial charge >= 0.3 is 0 Å². The van der Waals surface area contributed by atoms with Crippen LogP contribution in [0.15, 0.2) is 11.6 Å². The van der Waals surface area contributed by atoms with Crippen LogP contribution in [-0.2, 0) is 14.3 Å². The lowest BCUT2D eigenvalue weighted by Gasteiger charge is -2.58. The SMILES string of the molecule is CCOC1(CCC(C)CNC(C)=O)O[C@@]2(C)C[C@H]3[C@@H]4CC=C5C[C@@H](O)CC[C@]5(C)[C@H]4CC[C@]3(C)[C@H]2[C@@H]1C. The first-order valence-corrected chi connectivity index (χ1v) is 15.3. The number of fused-ring (bicyclic) bond motifs is 7. The van der Waals surface area contributed by atoms with Crippen molar-refractivity contribution in [2.24, 2.45) is 46.3 Å². The molecule has 4 aliphatic carbocycles. The third-order valence-electron chi connectivity index (χ3n) is 12.2. The Bertz CT molecular complexity index is 918. The molecule has 5 nitrogen and oxygen atoms in total. The number of allylic oxidation sites excluding steroid dienone is 1. The molecule has 0 radical (unpaired) electrons. The Kier molecular flexibility index (Phi) is 7.19. The van der Waals surface area contributed by atoms with Crippen LogP contribution in [0.5, 0.6) is 0 Å². The average Bonchev–Trinajstić information content (AvgIpc) is 3.20. The number of hydrogen-bond acceptors (Lipinski definition) is 4. The summed E-state index contributed by atoms with van der Waals surface area (Å²) < 4.78 is 13.8. The van der Waals surface area contributed by atoms with E-state index in [2.05, 4.69) is 52.9 Å². The fraction of sp³-hybridized carbons (Fsp3) is 0.906. The van der Waals surface area contributed by atoms with Crippen molar-refractivity contribution >= 4 is 5.91 Å². The third kappa shape index (κ3) is 4.34. The predicted octanol–water partition coefficient (Wildman–Crippen LogP) is 6.25. The molecule has 2 unspecified atom stereocenters. The summed E-state index contributed by atoms with van der Waals surface area (Å²) in [5, 5.41) is 13.3. The van der Waals surface area contributed by atoms with Crippen molar-refractivity contribution in [2.45, 2.75) is 124 Å². The molecule has 0 bridgehead atoms. The van der Waals surface area contributed by atoms with E-state index in [1.54, 1.807) is 12.5 Å². The quantitative estimate of drug-likeness (QED) is 0.394. The van der Waals surface area contributed by atoms with Crippen molar-refractivity contribution in [3.8, 4) is 0 Å². The maximum absolute atomic E-state index is 11.4. The van der Waals surface area contributed by atoms with Crippen LogP contribution in [0.4, 0.5) is 0 Å². The highest BCUT2D eigenvalue weighted by molar-refractivity contribution is 5.72. The Morgan fingerprint density at radius 3 is 2.70 bits per heavy atom. The summed E-state index contributed by atoms with van der Waals surface area (Å²) in [6.45, 7) is 17.2. The molecular weight excluding hydrogens is 462 g/mol. The molecule has 0 spiro atoms. The van der Waals surface area contributed by atoms with Gasteiger partial charge < -0.3 is 19.9 Å². The molecule has 0 aromatic rings. The first-order valence-electron chi connectivity index (χ1n) is 15.3. The van der Waals surface area contributed by atoms with Gasteiger partial charge in [0.1, 0.15) is 0 Å². The normalized spacial score (nSPS) is 49.4. The van der Waals surface area contributed by atoms with Gasteiger partial charge in [0.2, 0.25) is 5.91 Å². The zero-order valence-corrected chi connectivity index (χ0v) is 24.6. The van der Waals surface area contributed by atoms with Gasteiger partial charge in [-0.25, -0.2) is 0 Å². The molecule has 1 saturated heterocycles. The maximum atomic E-state index is 11.4. The van der Waals surface area contributed by atoms with Gasteiger partial charge in [-0.1, -0.05) is 39.3 Å². The fourth-order valence-electron chi connectivity index (χ4n) is 10.6. The van der Waals surface area contributed by atoms with Crippen LogP contribution in [0.2, 0.25) is 0 Å². The molecule has 4 fully saturated rings. The van der Waals surface area contributed by atoms with Crippen LogP contribution in [0.25, 0.3) is 0 Å². The molecule has 5 heteroatoms. The first kappa shape index (κ1) is 27.6. The second-order valence-electron chi connectivity index (χ2n) is 14.4. The number of aliphatic hydroxyl groups excluding tert-OH is 1.